The molecule has 2 aromatic carbocycles. The van der Waals surface area contributed by atoms with Crippen LogP contribution in [0.25, 0.3) is 10.9 Å². The van der Waals surface area contributed by atoms with Crippen LogP contribution < -0.4 is 5.32 Å². The Morgan fingerprint density at radius 3 is 2.54 bits per heavy atom. The van der Waals surface area contributed by atoms with Crippen LogP contribution in [0.4, 0.5) is 0 Å². The molecule has 1 N–H and O–H groups in total. The quantitative estimate of drug-likeness (QED) is 0.585. The lowest BCUT2D eigenvalue weighted by molar-refractivity contribution is -0.118. The van der Waals surface area contributed by atoms with Gasteiger partial charge in [-0.2, -0.15) is 0 Å². The topological polar surface area (TPSA) is 68.9 Å². The number of nitrogens with zero attached hydrogens (tertiary/aromatic N) is 3. The van der Waals surface area contributed by atoms with Crippen molar-refractivity contribution in [3.8, 4) is 0 Å². The Labute approximate surface area is 162 Å². The summed E-state index contributed by atoms with van der Waals surface area (Å²) in [6.07, 6.45) is 7.72. The molecule has 0 unspecified atom stereocenters. The van der Waals surface area contributed by atoms with Crippen LogP contribution in [-0.2, 0) is 17.9 Å². The number of carbonyl (C=O) groups is 2. The highest BCUT2D eigenvalue weighted by Crippen LogP contribution is 2.23. The maximum atomic E-state index is 11.9. The van der Waals surface area contributed by atoms with Crippen molar-refractivity contribution in [2.75, 3.05) is 0 Å². The molecule has 0 aliphatic heterocycles. The molecular weight excluding hydrogens is 352 g/mol. The lowest BCUT2D eigenvalue weighted by Gasteiger charge is -2.07. The summed E-state index contributed by atoms with van der Waals surface area (Å²) in [5, 5.41) is 3.50. The van der Waals surface area contributed by atoms with E-state index in [1.54, 1.807) is 18.3 Å². The second kappa shape index (κ2) is 7.52. The first-order valence-electron chi connectivity index (χ1n) is 9.03. The number of rotatable bonds is 5. The van der Waals surface area contributed by atoms with E-state index in [0.29, 0.717) is 12.1 Å². The SMILES string of the molecule is CC(=O)NC(=O)c1ccc(Cn2cc(Cn3ccnc3)c3ccccc32)cc1. The Hall–Kier alpha value is -3.67. The van der Waals surface area contributed by atoms with Crippen molar-refractivity contribution in [1.82, 2.24) is 19.4 Å². The second-order valence-electron chi connectivity index (χ2n) is 6.74. The molecule has 6 nitrogen and oxygen atoms in total. The van der Waals surface area contributed by atoms with E-state index in [2.05, 4.69) is 37.8 Å². The number of benzene rings is 2. The molecule has 0 saturated carbocycles. The van der Waals surface area contributed by atoms with Gasteiger partial charge < -0.3 is 9.13 Å². The fourth-order valence-electron chi connectivity index (χ4n) is 3.35. The molecule has 4 aromatic rings. The summed E-state index contributed by atoms with van der Waals surface area (Å²) in [6, 6.07) is 15.6. The van der Waals surface area contributed by atoms with Crippen molar-refractivity contribution in [3.63, 3.8) is 0 Å². The van der Waals surface area contributed by atoms with Gasteiger partial charge in [0.05, 0.1) is 12.9 Å². The van der Waals surface area contributed by atoms with Gasteiger partial charge in [0.15, 0.2) is 0 Å². The van der Waals surface area contributed by atoms with Crippen LogP contribution in [-0.4, -0.2) is 25.9 Å². The average Bonchev–Trinajstić information content (AvgIpc) is 3.31. The standard InChI is InChI=1S/C22H20N4O2/c1-16(27)24-22(28)18-8-6-17(7-9-18)12-26-14-19(13-25-11-10-23-15-25)20-4-2-3-5-21(20)26/h2-11,14-15H,12-13H2,1H3,(H,24,27,28). The molecule has 0 spiro atoms. The van der Waals surface area contributed by atoms with Gasteiger partial charge in [-0.05, 0) is 29.3 Å². The normalized spacial score (nSPS) is 10.9. The molecule has 0 saturated heterocycles. The van der Waals surface area contributed by atoms with Gasteiger partial charge in [-0.3, -0.25) is 14.9 Å². The van der Waals surface area contributed by atoms with Gasteiger partial charge >= 0.3 is 0 Å². The fourth-order valence-corrected chi connectivity index (χ4v) is 3.35. The number of aromatic nitrogens is 3. The highest BCUT2D eigenvalue weighted by molar-refractivity contribution is 6.04. The lowest BCUT2D eigenvalue weighted by atomic mass is 10.1. The van der Waals surface area contributed by atoms with E-state index in [1.165, 1.54) is 17.9 Å². The Kier molecular flexibility index (Phi) is 4.76. The number of amides is 2. The lowest BCUT2D eigenvalue weighted by Crippen LogP contribution is -2.27. The molecule has 4 rings (SSSR count). The smallest absolute Gasteiger partial charge is 0.257 e. The van der Waals surface area contributed by atoms with Gasteiger partial charge in [-0.25, -0.2) is 4.98 Å². The number of hydrogen-bond donors (Lipinski definition) is 1. The van der Waals surface area contributed by atoms with Gasteiger partial charge in [0, 0.05) is 48.5 Å². The molecule has 0 aliphatic rings. The van der Waals surface area contributed by atoms with Crippen molar-refractivity contribution < 1.29 is 9.59 Å². The zero-order chi connectivity index (χ0) is 19.5. The summed E-state index contributed by atoms with van der Waals surface area (Å²) in [7, 11) is 0. The number of imidazole rings is 1. The molecule has 0 atom stereocenters. The van der Waals surface area contributed by atoms with Gasteiger partial charge in [0.2, 0.25) is 5.91 Å². The predicted molar refractivity (Wildman–Crippen MR) is 107 cm³/mol. The fraction of sp³-hybridized carbons (Fsp3) is 0.136. The highest BCUT2D eigenvalue weighted by Gasteiger charge is 2.10. The summed E-state index contributed by atoms with van der Waals surface area (Å²) in [5.41, 5.74) is 3.94. The third kappa shape index (κ3) is 3.71. The van der Waals surface area contributed by atoms with Crippen LogP contribution in [0.5, 0.6) is 0 Å². The van der Waals surface area contributed by atoms with Crippen LogP contribution in [0.3, 0.4) is 0 Å². The van der Waals surface area contributed by atoms with E-state index in [1.807, 2.05) is 36.8 Å². The van der Waals surface area contributed by atoms with E-state index >= 15 is 0 Å². The monoisotopic (exact) mass is 372 g/mol. The van der Waals surface area contributed by atoms with E-state index < -0.39 is 0 Å². The molecule has 140 valence electrons. The summed E-state index contributed by atoms with van der Waals surface area (Å²) < 4.78 is 4.26. The molecule has 28 heavy (non-hydrogen) atoms. The molecular formula is C22H20N4O2. The van der Waals surface area contributed by atoms with Crippen LogP contribution >= 0.6 is 0 Å². The van der Waals surface area contributed by atoms with Crippen LogP contribution in [0, 0.1) is 0 Å². The van der Waals surface area contributed by atoms with E-state index in [-0.39, 0.29) is 11.8 Å². The number of carbonyl (C=O) groups excluding carboxylic acids is 2. The molecule has 0 bridgehead atoms. The van der Waals surface area contributed by atoms with Gasteiger partial charge in [-0.1, -0.05) is 30.3 Å². The van der Waals surface area contributed by atoms with Gasteiger partial charge in [0.1, 0.15) is 0 Å². The summed E-state index contributed by atoms with van der Waals surface area (Å²) in [5.74, 6) is -0.744. The molecule has 2 aromatic heterocycles. The van der Waals surface area contributed by atoms with Crippen LogP contribution in [0.15, 0.2) is 73.4 Å². The summed E-state index contributed by atoms with van der Waals surface area (Å²) in [4.78, 5) is 27.1. The minimum atomic E-state index is -0.381. The van der Waals surface area contributed by atoms with Crippen molar-refractivity contribution in [1.29, 1.82) is 0 Å². The highest BCUT2D eigenvalue weighted by atomic mass is 16.2. The first-order valence-corrected chi connectivity index (χ1v) is 9.03. The minimum absolute atomic E-state index is 0.363. The van der Waals surface area contributed by atoms with E-state index in [9.17, 15) is 9.59 Å². The maximum absolute atomic E-state index is 11.9. The largest absolute Gasteiger partial charge is 0.343 e. The summed E-state index contributed by atoms with van der Waals surface area (Å²) in [6.45, 7) is 2.78. The third-order valence-electron chi connectivity index (χ3n) is 4.64. The van der Waals surface area contributed by atoms with Crippen molar-refractivity contribution in [2.45, 2.75) is 20.0 Å². The number of para-hydroxylation sites is 1. The Bertz CT molecular complexity index is 1130. The number of fused-ring (bicyclic) bond motifs is 1. The molecule has 6 heteroatoms. The van der Waals surface area contributed by atoms with Crippen molar-refractivity contribution >= 4 is 22.7 Å². The maximum Gasteiger partial charge on any atom is 0.257 e. The van der Waals surface area contributed by atoms with E-state index in [4.69, 9.17) is 0 Å². The third-order valence-corrected chi connectivity index (χ3v) is 4.64. The Morgan fingerprint density at radius 2 is 1.82 bits per heavy atom. The second-order valence-corrected chi connectivity index (χ2v) is 6.74. The number of imide groups is 1. The summed E-state index contributed by atoms with van der Waals surface area (Å²) >= 11 is 0. The number of nitrogens with one attached hydrogen (secondary N) is 1. The number of hydrogen-bond acceptors (Lipinski definition) is 3. The first-order chi connectivity index (χ1) is 13.6. The van der Waals surface area contributed by atoms with Crippen molar-refractivity contribution in [2.24, 2.45) is 0 Å². The average molecular weight is 372 g/mol. The van der Waals surface area contributed by atoms with Gasteiger partial charge in [0.25, 0.3) is 5.91 Å². The molecule has 0 aliphatic carbocycles. The molecule has 2 amide bonds. The minimum Gasteiger partial charge on any atom is -0.343 e. The van der Waals surface area contributed by atoms with Crippen LogP contribution in [0.2, 0.25) is 0 Å². The zero-order valence-electron chi connectivity index (χ0n) is 15.5. The predicted octanol–water partition coefficient (Wildman–Crippen LogP) is 3.21. The Morgan fingerprint density at radius 1 is 1.04 bits per heavy atom. The zero-order valence-corrected chi connectivity index (χ0v) is 15.5. The first kappa shape index (κ1) is 17.7. The van der Waals surface area contributed by atoms with Crippen molar-refractivity contribution in [3.05, 3.63) is 90.1 Å². The van der Waals surface area contributed by atoms with Gasteiger partial charge in [-0.15, -0.1) is 0 Å². The molecule has 2 heterocycles. The molecule has 0 radical (unpaired) electrons. The van der Waals surface area contributed by atoms with E-state index in [0.717, 1.165) is 17.6 Å². The van der Waals surface area contributed by atoms with Crippen LogP contribution in [0.1, 0.15) is 28.4 Å². The molecule has 0 fully saturated rings. The Balaban J connectivity index is 1.59.